The Morgan fingerprint density at radius 1 is 1.04 bits per heavy atom. The van der Waals surface area contributed by atoms with Crippen molar-refractivity contribution < 1.29 is 38.6 Å². The second-order valence-electron chi connectivity index (χ2n) is 15.5. The smallest absolute Gasteiger partial charge is 0.326 e. The summed E-state index contributed by atoms with van der Waals surface area (Å²) in [7, 11) is 4.82. The van der Waals surface area contributed by atoms with Crippen LogP contribution in [0.15, 0.2) is 30.3 Å². The largest absolute Gasteiger partial charge is 0.480 e. The number of aliphatic carboxylic acids is 1. The zero-order valence-corrected chi connectivity index (χ0v) is 32.9. The summed E-state index contributed by atoms with van der Waals surface area (Å²) in [5.74, 6) is -3.16. The number of rotatable bonds is 20. The van der Waals surface area contributed by atoms with Crippen molar-refractivity contribution in [2.45, 2.75) is 129 Å². The molecule has 3 rings (SSSR count). The number of likely N-dealkylation sites (N-methyl/N-ethyl adjacent to an activating group) is 1. The summed E-state index contributed by atoms with van der Waals surface area (Å²) in [4.78, 5) is 70.8. The third kappa shape index (κ3) is 10.6. The van der Waals surface area contributed by atoms with Crippen LogP contribution in [0.5, 0.6) is 0 Å². The van der Waals surface area contributed by atoms with Gasteiger partial charge in [0.05, 0.1) is 42.2 Å². The van der Waals surface area contributed by atoms with Gasteiger partial charge < -0.3 is 35.0 Å². The van der Waals surface area contributed by atoms with Crippen LogP contribution in [0.25, 0.3) is 0 Å². The monoisotopic (exact) mass is 728 g/mol. The lowest BCUT2D eigenvalue weighted by atomic mass is 9.82. The van der Waals surface area contributed by atoms with E-state index in [1.54, 1.807) is 30.9 Å². The average molecular weight is 729 g/mol. The Morgan fingerprint density at radius 2 is 1.71 bits per heavy atom. The fourth-order valence-corrected chi connectivity index (χ4v) is 8.09. The molecule has 9 atom stereocenters. The minimum atomic E-state index is -1.13. The lowest BCUT2D eigenvalue weighted by Crippen LogP contribution is -2.55. The maximum absolute atomic E-state index is 14.2. The first-order valence-electron chi connectivity index (χ1n) is 19.1. The number of carboxylic acids is 1. The molecule has 9 unspecified atom stereocenters. The Morgan fingerprint density at radius 3 is 2.25 bits per heavy atom. The summed E-state index contributed by atoms with van der Waals surface area (Å²) in [5, 5.41) is 15.9. The highest BCUT2D eigenvalue weighted by molar-refractivity contribution is 5.93. The summed E-state index contributed by atoms with van der Waals surface area (Å²) in [6.45, 7) is 12.9. The van der Waals surface area contributed by atoms with Crippen molar-refractivity contribution in [3.63, 3.8) is 0 Å². The van der Waals surface area contributed by atoms with Crippen LogP contribution in [0, 0.1) is 23.7 Å². The normalized spacial score (nSPS) is 23.0. The van der Waals surface area contributed by atoms with E-state index < -0.39 is 59.6 Å². The van der Waals surface area contributed by atoms with E-state index in [2.05, 4.69) is 10.6 Å². The van der Waals surface area contributed by atoms with Crippen molar-refractivity contribution in [3.05, 3.63) is 35.9 Å². The maximum atomic E-state index is 14.2. The summed E-state index contributed by atoms with van der Waals surface area (Å²) in [6, 6.07) is 7.17. The van der Waals surface area contributed by atoms with Gasteiger partial charge in [-0.15, -0.1) is 0 Å². The molecule has 0 radical (unpaired) electrons. The predicted molar refractivity (Wildman–Crippen MR) is 199 cm³/mol. The third-order valence-electron chi connectivity index (χ3n) is 11.7. The fraction of sp³-hybridized carbons (Fsp3) is 0.725. The Labute approximate surface area is 310 Å². The Bertz CT molecular complexity index is 1350. The van der Waals surface area contributed by atoms with Gasteiger partial charge in [-0.2, -0.15) is 0 Å². The first-order chi connectivity index (χ1) is 24.6. The van der Waals surface area contributed by atoms with Gasteiger partial charge in [0.1, 0.15) is 6.04 Å². The Hall–Kier alpha value is -3.35. The van der Waals surface area contributed by atoms with E-state index >= 15 is 0 Å². The zero-order chi connectivity index (χ0) is 38.7. The van der Waals surface area contributed by atoms with Crippen LogP contribution in [0.3, 0.4) is 0 Å². The highest BCUT2D eigenvalue weighted by Crippen LogP contribution is 2.32. The molecule has 52 heavy (non-hydrogen) atoms. The van der Waals surface area contributed by atoms with E-state index in [1.807, 2.05) is 65.0 Å². The number of Topliss-reactive ketones (excluding diaryl/α,β-unsaturated/α-hetero) is 1. The number of carbonyl (C=O) groups is 5. The van der Waals surface area contributed by atoms with Crippen molar-refractivity contribution in [2.24, 2.45) is 23.7 Å². The molecule has 2 aliphatic rings. The zero-order valence-electron chi connectivity index (χ0n) is 32.9. The average Bonchev–Trinajstić information content (AvgIpc) is 3.80. The highest BCUT2D eigenvalue weighted by atomic mass is 16.5. The summed E-state index contributed by atoms with van der Waals surface area (Å²) in [6.07, 6.45) is 2.78. The Balaban J connectivity index is 1.76. The second kappa shape index (κ2) is 19.6. The van der Waals surface area contributed by atoms with Crippen molar-refractivity contribution in [1.29, 1.82) is 0 Å². The maximum Gasteiger partial charge on any atom is 0.326 e. The molecule has 0 bridgehead atoms. The number of nitrogens with zero attached hydrogens (tertiary/aromatic N) is 2. The molecule has 0 saturated carbocycles. The highest BCUT2D eigenvalue weighted by Gasteiger charge is 2.44. The molecule has 12 nitrogen and oxygen atoms in total. The molecule has 292 valence electrons. The van der Waals surface area contributed by atoms with E-state index in [0.29, 0.717) is 13.0 Å². The summed E-state index contributed by atoms with van der Waals surface area (Å²) in [5.41, 5.74) is 0.173. The lowest BCUT2D eigenvalue weighted by Gasteiger charge is -2.41. The number of ether oxygens (including phenoxy) is 2. The van der Waals surface area contributed by atoms with Crippen molar-refractivity contribution >= 4 is 29.5 Å². The van der Waals surface area contributed by atoms with Gasteiger partial charge in [0.2, 0.25) is 17.7 Å². The van der Waals surface area contributed by atoms with Gasteiger partial charge in [-0.3, -0.25) is 19.2 Å². The molecule has 2 saturated heterocycles. The van der Waals surface area contributed by atoms with E-state index in [4.69, 9.17) is 9.47 Å². The number of benzene rings is 1. The second-order valence-corrected chi connectivity index (χ2v) is 15.5. The van der Waals surface area contributed by atoms with Gasteiger partial charge in [-0.05, 0) is 56.6 Å². The summed E-state index contributed by atoms with van der Waals surface area (Å²) >= 11 is 0. The number of ketones is 1. The Kier molecular flexibility index (Phi) is 16.3. The first kappa shape index (κ1) is 43.1. The van der Waals surface area contributed by atoms with Crippen LogP contribution in [0.2, 0.25) is 0 Å². The number of methoxy groups -OCH3 is 2. The summed E-state index contributed by atoms with van der Waals surface area (Å²) < 4.78 is 11.9. The van der Waals surface area contributed by atoms with Crippen LogP contribution in [-0.2, 0) is 39.9 Å². The molecule has 1 aromatic rings. The molecule has 0 aliphatic carbocycles. The molecule has 0 aromatic heterocycles. The molecule has 2 fully saturated rings. The van der Waals surface area contributed by atoms with E-state index in [0.717, 1.165) is 37.8 Å². The van der Waals surface area contributed by atoms with Crippen LogP contribution in [0.1, 0.15) is 92.1 Å². The fourth-order valence-electron chi connectivity index (χ4n) is 8.09. The van der Waals surface area contributed by atoms with Gasteiger partial charge in [0.15, 0.2) is 5.78 Å². The molecule has 12 heteroatoms. The quantitative estimate of drug-likeness (QED) is 0.180. The van der Waals surface area contributed by atoms with Crippen molar-refractivity contribution in [3.8, 4) is 0 Å². The van der Waals surface area contributed by atoms with Gasteiger partial charge in [0.25, 0.3) is 0 Å². The first-order valence-corrected chi connectivity index (χ1v) is 19.1. The van der Waals surface area contributed by atoms with Crippen molar-refractivity contribution in [1.82, 2.24) is 20.4 Å². The van der Waals surface area contributed by atoms with Crippen LogP contribution in [0.4, 0.5) is 0 Å². The van der Waals surface area contributed by atoms with E-state index in [1.165, 1.54) is 7.11 Å². The number of likely N-dealkylation sites (tertiary alicyclic amines) is 1. The molecule has 3 N–H and O–H groups in total. The van der Waals surface area contributed by atoms with Crippen LogP contribution >= 0.6 is 0 Å². The number of hydrogen-bond donors (Lipinski definition) is 3. The standard InChI is InChI=1S/C40H64N4O8/c1-10-26(4)35(43(7)38(48)29(25(2)3)23-33(45)40(6)19-15-20-41-40)32(51-8)24-34(46)44-21-14-18-31(44)36(52-9)27(5)37(47)42-30(39(49)50)22-28-16-12-11-13-17-28/h11-13,16-17,25-27,29-32,35-36,41H,10,14-15,18-24H2,1-9H3,(H,42,47)(H,49,50). The van der Waals surface area contributed by atoms with Gasteiger partial charge >= 0.3 is 5.97 Å². The number of nitrogens with one attached hydrogen (secondary N) is 2. The number of hydrogen-bond acceptors (Lipinski definition) is 8. The number of carbonyl (C=O) groups excluding carboxylic acids is 4. The minimum absolute atomic E-state index is 0.00730. The topological polar surface area (TPSA) is 155 Å². The third-order valence-corrected chi connectivity index (χ3v) is 11.7. The van der Waals surface area contributed by atoms with Crippen LogP contribution < -0.4 is 10.6 Å². The molecular formula is C40H64N4O8. The lowest BCUT2D eigenvalue weighted by molar-refractivity contribution is -0.149. The number of carboxylic acid groups (broad SMARTS) is 1. The van der Waals surface area contributed by atoms with Gasteiger partial charge in [-0.1, -0.05) is 71.4 Å². The molecule has 1 aromatic carbocycles. The van der Waals surface area contributed by atoms with Gasteiger partial charge in [-0.25, -0.2) is 4.79 Å². The van der Waals surface area contributed by atoms with Gasteiger partial charge in [0, 0.05) is 46.6 Å². The SMILES string of the molecule is CCC(C)C(C(CC(=O)N1CCCC1C(OC)C(C)C(=O)NC(Cc1ccccc1)C(=O)O)OC)N(C)C(=O)C(CC(=O)C1(C)CCCN1)C(C)C. The minimum Gasteiger partial charge on any atom is -0.480 e. The molecule has 2 heterocycles. The molecular weight excluding hydrogens is 664 g/mol. The molecule has 2 aliphatic heterocycles. The molecule has 0 spiro atoms. The molecule has 3 amide bonds. The number of amides is 3. The van der Waals surface area contributed by atoms with Crippen molar-refractivity contribution in [2.75, 3.05) is 34.4 Å². The van der Waals surface area contributed by atoms with Crippen LogP contribution in [-0.4, -0.2) is 115 Å². The van der Waals surface area contributed by atoms with E-state index in [-0.39, 0.29) is 48.7 Å². The van der Waals surface area contributed by atoms with E-state index in [9.17, 15) is 29.1 Å². The predicted octanol–water partition coefficient (Wildman–Crippen LogP) is 4.09.